The highest BCUT2D eigenvalue weighted by molar-refractivity contribution is 5.95. The van der Waals surface area contributed by atoms with Crippen molar-refractivity contribution in [3.8, 4) is 0 Å². The zero-order valence-electron chi connectivity index (χ0n) is 10.2. The Morgan fingerprint density at radius 1 is 1.00 bits per heavy atom. The zero-order valence-corrected chi connectivity index (χ0v) is 10.2. The Bertz CT molecular complexity index is 253. The Hall–Kier alpha value is -1.34. The molecule has 1 aliphatic heterocycles. The number of hydrogen-bond donors (Lipinski definition) is 1. The Morgan fingerprint density at radius 3 is 1.69 bits per heavy atom. The van der Waals surface area contributed by atoms with Gasteiger partial charge >= 0.3 is 12.1 Å². The van der Waals surface area contributed by atoms with Gasteiger partial charge in [0, 0.05) is 0 Å². The number of urea groups is 2. The first-order chi connectivity index (χ1) is 7.40. The van der Waals surface area contributed by atoms with Crippen molar-refractivity contribution in [2.75, 3.05) is 48.2 Å². The normalized spacial score (nSPS) is 17.4. The van der Waals surface area contributed by atoms with E-state index < -0.39 is 0 Å². The van der Waals surface area contributed by atoms with E-state index in [-0.39, 0.29) is 12.1 Å². The van der Waals surface area contributed by atoms with Crippen molar-refractivity contribution in [1.29, 1.82) is 0 Å². The molecule has 0 radical (unpaired) electrons. The second-order valence-electron chi connectivity index (χ2n) is 4.40. The van der Waals surface area contributed by atoms with Crippen LogP contribution in [0.1, 0.15) is 0 Å². The molecule has 0 spiro atoms. The third-order valence-electron chi connectivity index (χ3n) is 2.04. The number of amides is 4. The maximum absolute atomic E-state index is 11.5. The van der Waals surface area contributed by atoms with E-state index in [1.807, 2.05) is 38.0 Å². The molecule has 4 amide bonds. The first kappa shape index (κ1) is 12.7. The molecule has 1 heterocycles. The summed E-state index contributed by atoms with van der Waals surface area (Å²) in [6, 6.07) is -0.678. The number of nitrogens with zero attached hydrogens (tertiary/aromatic N) is 4. The fraction of sp³-hybridized carbons (Fsp3) is 0.778. The number of nitrogens with one attached hydrogen (secondary N) is 1. The van der Waals surface area contributed by atoms with Gasteiger partial charge in [0.25, 0.3) is 0 Å². The van der Waals surface area contributed by atoms with Crippen molar-refractivity contribution in [3.05, 3.63) is 0 Å². The number of carbonyl (C=O) groups is 2. The van der Waals surface area contributed by atoms with Crippen LogP contribution in [0.15, 0.2) is 0 Å². The molecule has 1 aliphatic rings. The first-order valence-electron chi connectivity index (χ1n) is 5.04. The molecular weight excluding hydrogens is 210 g/mol. The molecule has 0 aromatic carbocycles. The summed E-state index contributed by atoms with van der Waals surface area (Å²) < 4.78 is 0. The van der Waals surface area contributed by atoms with Gasteiger partial charge in [-0.1, -0.05) is 0 Å². The Kier molecular flexibility index (Phi) is 4.08. The standard InChI is InChI=1S/C9H19N5O2/c1-11(2)5-13-7-14(6-12(3)4)9(16)10-8(13)15/h5-7H2,1-4H3,(H,10,15,16). The van der Waals surface area contributed by atoms with Gasteiger partial charge in [0.2, 0.25) is 0 Å². The lowest BCUT2D eigenvalue weighted by Gasteiger charge is -2.37. The van der Waals surface area contributed by atoms with Gasteiger partial charge in [-0.3, -0.25) is 24.9 Å². The van der Waals surface area contributed by atoms with Crippen molar-refractivity contribution in [1.82, 2.24) is 24.9 Å². The highest BCUT2D eigenvalue weighted by Crippen LogP contribution is 2.04. The number of imide groups is 1. The summed E-state index contributed by atoms with van der Waals surface area (Å²) in [4.78, 5) is 29.9. The monoisotopic (exact) mass is 229 g/mol. The number of rotatable bonds is 4. The minimum absolute atomic E-state index is 0.320. The fourth-order valence-electron chi connectivity index (χ4n) is 1.48. The fourth-order valence-corrected chi connectivity index (χ4v) is 1.48. The average Bonchev–Trinajstić information content (AvgIpc) is 2.11. The SMILES string of the molecule is CN(C)CN1CN(CN(C)C)C(=O)NC1=O. The van der Waals surface area contributed by atoms with Gasteiger partial charge in [-0.25, -0.2) is 9.59 Å². The van der Waals surface area contributed by atoms with Crippen LogP contribution in [0.5, 0.6) is 0 Å². The summed E-state index contributed by atoms with van der Waals surface area (Å²) in [5, 5.41) is 2.31. The lowest BCUT2D eigenvalue weighted by atomic mass is 10.5. The van der Waals surface area contributed by atoms with E-state index in [0.717, 1.165) is 0 Å². The van der Waals surface area contributed by atoms with Crippen molar-refractivity contribution in [2.24, 2.45) is 0 Å². The Labute approximate surface area is 95.6 Å². The third-order valence-corrected chi connectivity index (χ3v) is 2.04. The van der Waals surface area contributed by atoms with E-state index in [4.69, 9.17) is 0 Å². The maximum atomic E-state index is 11.5. The minimum Gasteiger partial charge on any atom is -0.294 e. The van der Waals surface area contributed by atoms with Crippen molar-refractivity contribution in [2.45, 2.75) is 0 Å². The second-order valence-corrected chi connectivity index (χ2v) is 4.40. The molecule has 0 aromatic heterocycles. The van der Waals surface area contributed by atoms with Crippen LogP contribution in [0.25, 0.3) is 0 Å². The van der Waals surface area contributed by atoms with Gasteiger partial charge in [0.15, 0.2) is 0 Å². The molecule has 0 unspecified atom stereocenters. The van der Waals surface area contributed by atoms with Crippen LogP contribution in [0, 0.1) is 0 Å². The smallest absolute Gasteiger partial charge is 0.294 e. The molecule has 0 saturated carbocycles. The van der Waals surface area contributed by atoms with Crippen molar-refractivity contribution < 1.29 is 9.59 Å². The molecule has 0 aliphatic carbocycles. The van der Waals surface area contributed by atoms with E-state index in [1.165, 1.54) is 0 Å². The zero-order chi connectivity index (χ0) is 12.3. The molecule has 0 aromatic rings. The topological polar surface area (TPSA) is 59.1 Å². The largest absolute Gasteiger partial charge is 0.327 e. The first-order valence-corrected chi connectivity index (χ1v) is 5.04. The summed E-state index contributed by atoms with van der Waals surface area (Å²) >= 11 is 0. The molecule has 16 heavy (non-hydrogen) atoms. The summed E-state index contributed by atoms with van der Waals surface area (Å²) in [6.07, 6.45) is 0. The quantitative estimate of drug-likeness (QED) is 0.701. The van der Waals surface area contributed by atoms with Crippen LogP contribution >= 0.6 is 0 Å². The number of hydrogen-bond acceptors (Lipinski definition) is 4. The summed E-state index contributed by atoms with van der Waals surface area (Å²) in [5.74, 6) is 0. The molecule has 1 saturated heterocycles. The van der Waals surface area contributed by atoms with E-state index >= 15 is 0 Å². The molecule has 92 valence electrons. The van der Waals surface area contributed by atoms with Crippen LogP contribution in [-0.2, 0) is 0 Å². The van der Waals surface area contributed by atoms with Crippen LogP contribution in [0.3, 0.4) is 0 Å². The second kappa shape index (κ2) is 5.13. The van der Waals surface area contributed by atoms with E-state index in [9.17, 15) is 9.59 Å². The minimum atomic E-state index is -0.339. The molecule has 7 heteroatoms. The summed E-state index contributed by atoms with van der Waals surface area (Å²) in [6.45, 7) is 1.30. The van der Waals surface area contributed by atoms with Gasteiger partial charge in [0.05, 0.1) is 13.3 Å². The average molecular weight is 229 g/mol. The predicted octanol–water partition coefficient (Wildman–Crippen LogP) is -0.571. The van der Waals surface area contributed by atoms with Crippen LogP contribution < -0.4 is 5.32 Å². The highest BCUT2D eigenvalue weighted by Gasteiger charge is 2.29. The molecule has 7 nitrogen and oxygen atoms in total. The van der Waals surface area contributed by atoms with Crippen LogP contribution in [0.4, 0.5) is 9.59 Å². The maximum Gasteiger partial charge on any atom is 0.327 e. The molecule has 1 rings (SSSR count). The van der Waals surface area contributed by atoms with Crippen LogP contribution in [-0.4, -0.2) is 79.9 Å². The third kappa shape index (κ3) is 3.35. The van der Waals surface area contributed by atoms with Gasteiger partial charge in [-0.2, -0.15) is 0 Å². The van der Waals surface area contributed by atoms with Gasteiger partial charge in [-0.15, -0.1) is 0 Å². The van der Waals surface area contributed by atoms with Crippen molar-refractivity contribution >= 4 is 12.1 Å². The molecular formula is C9H19N5O2. The molecule has 1 N–H and O–H groups in total. The lowest BCUT2D eigenvalue weighted by Crippen LogP contribution is -2.61. The Morgan fingerprint density at radius 2 is 1.38 bits per heavy atom. The van der Waals surface area contributed by atoms with E-state index in [0.29, 0.717) is 20.0 Å². The van der Waals surface area contributed by atoms with Gasteiger partial charge in [0.1, 0.15) is 6.67 Å². The lowest BCUT2D eigenvalue weighted by molar-refractivity contribution is 0.0788. The molecule has 0 atom stereocenters. The van der Waals surface area contributed by atoms with Gasteiger partial charge < -0.3 is 0 Å². The number of carbonyl (C=O) groups excluding carboxylic acids is 2. The van der Waals surface area contributed by atoms with Gasteiger partial charge in [-0.05, 0) is 28.2 Å². The van der Waals surface area contributed by atoms with E-state index in [1.54, 1.807) is 9.80 Å². The highest BCUT2D eigenvalue weighted by atomic mass is 16.2. The van der Waals surface area contributed by atoms with Crippen molar-refractivity contribution in [3.63, 3.8) is 0 Å². The van der Waals surface area contributed by atoms with E-state index in [2.05, 4.69) is 5.32 Å². The predicted molar refractivity (Wildman–Crippen MR) is 59.6 cm³/mol. The van der Waals surface area contributed by atoms with Crippen LogP contribution in [0.2, 0.25) is 0 Å². The Balaban J connectivity index is 2.61. The molecule has 1 fully saturated rings. The summed E-state index contributed by atoms with van der Waals surface area (Å²) in [5.41, 5.74) is 0. The summed E-state index contributed by atoms with van der Waals surface area (Å²) in [7, 11) is 7.50. The molecule has 0 bridgehead atoms.